The van der Waals surface area contributed by atoms with Crippen LogP contribution in [0.3, 0.4) is 0 Å². The summed E-state index contributed by atoms with van der Waals surface area (Å²) in [6.07, 6.45) is 0. The summed E-state index contributed by atoms with van der Waals surface area (Å²) in [6, 6.07) is 14.9. The average Bonchev–Trinajstić information content (AvgIpc) is 3.14. The summed E-state index contributed by atoms with van der Waals surface area (Å²) in [7, 11) is 3.06. The fourth-order valence-corrected chi connectivity index (χ4v) is 4.49. The number of likely N-dealkylation sites (tertiary alicyclic amines) is 1. The lowest BCUT2D eigenvalue weighted by molar-refractivity contribution is -0.140. The maximum Gasteiger partial charge on any atom is 0.295 e. The first-order valence-corrected chi connectivity index (χ1v) is 11.8. The van der Waals surface area contributed by atoms with Gasteiger partial charge in [0.05, 0.1) is 32.4 Å². The van der Waals surface area contributed by atoms with Crippen LogP contribution >= 0.6 is 0 Å². The molecule has 1 heterocycles. The van der Waals surface area contributed by atoms with E-state index in [1.807, 2.05) is 13.8 Å². The molecule has 0 bridgehead atoms. The van der Waals surface area contributed by atoms with Crippen LogP contribution in [0.25, 0.3) is 5.76 Å². The Labute approximate surface area is 214 Å². The van der Waals surface area contributed by atoms with E-state index in [0.29, 0.717) is 40.5 Å². The van der Waals surface area contributed by atoms with Crippen molar-refractivity contribution in [2.24, 2.45) is 0 Å². The van der Waals surface area contributed by atoms with Gasteiger partial charge in [-0.25, -0.2) is 4.39 Å². The minimum absolute atomic E-state index is 0.0317. The highest BCUT2D eigenvalue weighted by Crippen LogP contribution is 2.43. The molecule has 1 N–H and O–H groups in total. The Morgan fingerprint density at radius 2 is 1.62 bits per heavy atom. The lowest BCUT2D eigenvalue weighted by Gasteiger charge is -2.26. The molecule has 1 fully saturated rings. The second kappa shape index (κ2) is 10.7. The van der Waals surface area contributed by atoms with E-state index in [1.165, 1.54) is 24.1 Å². The Hall–Kier alpha value is -4.33. The lowest BCUT2D eigenvalue weighted by Crippen LogP contribution is -2.29. The molecule has 0 radical (unpaired) electrons. The van der Waals surface area contributed by atoms with Gasteiger partial charge in [-0.3, -0.25) is 9.59 Å². The molecule has 3 aromatic rings. The van der Waals surface area contributed by atoms with Gasteiger partial charge >= 0.3 is 0 Å². The summed E-state index contributed by atoms with van der Waals surface area (Å²) in [5.74, 6) is -0.733. The third kappa shape index (κ3) is 5.00. The van der Waals surface area contributed by atoms with Gasteiger partial charge in [-0.2, -0.15) is 0 Å². The van der Waals surface area contributed by atoms with Crippen molar-refractivity contribution in [1.29, 1.82) is 0 Å². The minimum atomic E-state index is -0.919. The Morgan fingerprint density at radius 1 is 0.946 bits per heavy atom. The molecule has 7 nitrogen and oxygen atoms in total. The van der Waals surface area contributed by atoms with Crippen LogP contribution in [0.1, 0.15) is 35.2 Å². The fourth-order valence-electron chi connectivity index (χ4n) is 4.49. The predicted octanol–water partition coefficient (Wildman–Crippen LogP) is 5.17. The van der Waals surface area contributed by atoms with Gasteiger partial charge in [0.2, 0.25) is 0 Å². The van der Waals surface area contributed by atoms with E-state index < -0.39 is 23.5 Å². The van der Waals surface area contributed by atoms with Gasteiger partial charge in [0.25, 0.3) is 11.7 Å². The molecule has 1 unspecified atom stereocenters. The maximum atomic E-state index is 13.5. The zero-order valence-corrected chi connectivity index (χ0v) is 21.1. The highest BCUT2D eigenvalue weighted by molar-refractivity contribution is 6.46. The molecule has 0 aromatic heterocycles. The van der Waals surface area contributed by atoms with E-state index in [4.69, 9.17) is 14.2 Å². The van der Waals surface area contributed by atoms with Gasteiger partial charge in [-0.1, -0.05) is 18.2 Å². The van der Waals surface area contributed by atoms with Crippen molar-refractivity contribution in [2.75, 3.05) is 20.8 Å². The van der Waals surface area contributed by atoms with Crippen LogP contribution in [0.15, 0.2) is 66.2 Å². The van der Waals surface area contributed by atoms with Gasteiger partial charge in [0, 0.05) is 12.1 Å². The first kappa shape index (κ1) is 25.8. The Morgan fingerprint density at radius 3 is 2.24 bits per heavy atom. The molecule has 37 heavy (non-hydrogen) atoms. The number of aryl methyl sites for hydroxylation is 1. The predicted molar refractivity (Wildman–Crippen MR) is 136 cm³/mol. The number of amides is 1. The second-order valence-electron chi connectivity index (χ2n) is 8.58. The molecule has 1 aliphatic heterocycles. The van der Waals surface area contributed by atoms with Gasteiger partial charge in [-0.15, -0.1) is 0 Å². The third-order valence-electron chi connectivity index (χ3n) is 6.28. The molecule has 0 spiro atoms. The zero-order valence-electron chi connectivity index (χ0n) is 21.1. The quantitative estimate of drug-likeness (QED) is 0.258. The van der Waals surface area contributed by atoms with Crippen molar-refractivity contribution in [1.82, 2.24) is 4.90 Å². The van der Waals surface area contributed by atoms with Gasteiger partial charge in [-0.05, 0) is 73.0 Å². The topological polar surface area (TPSA) is 85.3 Å². The fraction of sp³-hybridized carbons (Fsp3) is 0.241. The average molecular weight is 506 g/mol. The Balaban J connectivity index is 1.89. The first-order chi connectivity index (χ1) is 17.8. The number of nitrogens with zero attached hydrogens (tertiary/aromatic N) is 1. The van der Waals surface area contributed by atoms with Crippen LogP contribution < -0.4 is 14.2 Å². The summed E-state index contributed by atoms with van der Waals surface area (Å²) in [5, 5.41) is 11.4. The van der Waals surface area contributed by atoms with Crippen molar-refractivity contribution >= 4 is 17.4 Å². The summed E-state index contributed by atoms with van der Waals surface area (Å²) in [4.78, 5) is 28.0. The largest absolute Gasteiger partial charge is 0.507 e. The standard InChI is InChI=1S/C29H28FNO6/c1-5-37-24-15-19(8-13-23(24)36-4)26-25(27(32)20-9-12-22(35-3)17(2)14-20)28(33)29(34)31(26)16-18-6-10-21(30)11-7-18/h6-15,26,32H,5,16H2,1-4H3/b27-25-. The number of hydrogen-bond acceptors (Lipinski definition) is 6. The number of hydrogen-bond donors (Lipinski definition) is 1. The SMILES string of the molecule is CCOc1cc(C2/C(=C(/O)c3ccc(OC)c(C)c3)C(=O)C(=O)N2Cc2ccc(F)cc2)ccc1OC. The summed E-state index contributed by atoms with van der Waals surface area (Å²) < 4.78 is 29.9. The van der Waals surface area contributed by atoms with E-state index in [2.05, 4.69) is 0 Å². The molecule has 1 aliphatic rings. The third-order valence-corrected chi connectivity index (χ3v) is 6.28. The molecule has 1 saturated heterocycles. The van der Waals surface area contributed by atoms with Crippen molar-refractivity contribution in [2.45, 2.75) is 26.4 Å². The lowest BCUT2D eigenvalue weighted by atomic mass is 9.94. The summed E-state index contributed by atoms with van der Waals surface area (Å²) in [5.41, 5.74) is 2.27. The number of ketones is 1. The monoisotopic (exact) mass is 505 g/mol. The number of benzene rings is 3. The number of aliphatic hydroxyl groups excluding tert-OH is 1. The number of aliphatic hydroxyl groups is 1. The number of ether oxygens (including phenoxy) is 3. The van der Waals surface area contributed by atoms with E-state index in [9.17, 15) is 19.1 Å². The maximum absolute atomic E-state index is 13.5. The minimum Gasteiger partial charge on any atom is -0.507 e. The number of carbonyl (C=O) groups excluding carboxylic acids is 2. The Bertz CT molecular complexity index is 1370. The molecule has 1 atom stereocenters. The highest BCUT2D eigenvalue weighted by Gasteiger charge is 2.46. The molecular weight excluding hydrogens is 477 g/mol. The van der Waals surface area contributed by atoms with Crippen LogP contribution in [-0.4, -0.2) is 42.5 Å². The van der Waals surface area contributed by atoms with Gasteiger partial charge in [0.15, 0.2) is 11.5 Å². The highest BCUT2D eigenvalue weighted by atomic mass is 19.1. The van der Waals surface area contributed by atoms with Crippen LogP contribution in [0, 0.1) is 12.7 Å². The number of methoxy groups -OCH3 is 2. The van der Waals surface area contributed by atoms with Crippen molar-refractivity contribution in [3.05, 3.63) is 94.3 Å². The van der Waals surface area contributed by atoms with E-state index in [-0.39, 0.29) is 17.9 Å². The van der Waals surface area contributed by atoms with Gasteiger partial charge < -0.3 is 24.2 Å². The molecule has 1 amide bonds. The summed E-state index contributed by atoms with van der Waals surface area (Å²) in [6.45, 7) is 4.06. The van der Waals surface area contributed by atoms with E-state index in [0.717, 1.165) is 5.56 Å². The molecule has 0 aliphatic carbocycles. The van der Waals surface area contributed by atoms with Crippen molar-refractivity contribution < 1.29 is 33.3 Å². The zero-order chi connectivity index (χ0) is 26.7. The van der Waals surface area contributed by atoms with Crippen molar-refractivity contribution in [3.63, 3.8) is 0 Å². The van der Waals surface area contributed by atoms with Crippen LogP contribution in [-0.2, 0) is 16.1 Å². The molecule has 0 saturated carbocycles. The summed E-state index contributed by atoms with van der Waals surface area (Å²) >= 11 is 0. The van der Waals surface area contributed by atoms with E-state index in [1.54, 1.807) is 55.6 Å². The first-order valence-electron chi connectivity index (χ1n) is 11.8. The number of Topliss-reactive ketones (excluding diaryl/α,β-unsaturated/α-hetero) is 1. The molecule has 192 valence electrons. The molecule has 8 heteroatoms. The van der Waals surface area contributed by atoms with Crippen LogP contribution in [0.5, 0.6) is 17.2 Å². The number of rotatable bonds is 8. The van der Waals surface area contributed by atoms with Crippen LogP contribution in [0.2, 0.25) is 0 Å². The van der Waals surface area contributed by atoms with Crippen molar-refractivity contribution in [3.8, 4) is 17.2 Å². The molecule has 3 aromatic carbocycles. The van der Waals surface area contributed by atoms with Crippen LogP contribution in [0.4, 0.5) is 4.39 Å². The smallest absolute Gasteiger partial charge is 0.295 e. The second-order valence-corrected chi connectivity index (χ2v) is 8.58. The Kier molecular flexibility index (Phi) is 7.47. The molecule has 4 rings (SSSR count). The number of carbonyl (C=O) groups is 2. The molecular formula is C29H28FNO6. The van der Waals surface area contributed by atoms with Gasteiger partial charge in [0.1, 0.15) is 17.3 Å². The number of halogens is 1. The normalized spacial score (nSPS) is 16.7. The van der Waals surface area contributed by atoms with E-state index >= 15 is 0 Å².